The Hall–Kier alpha value is -1.60. The van der Waals surface area contributed by atoms with Gasteiger partial charge in [-0.05, 0) is 31.2 Å². The lowest BCUT2D eigenvalue weighted by Crippen LogP contribution is -2.33. The number of hydrogen-bond donors (Lipinski definition) is 1. The van der Waals surface area contributed by atoms with Crippen LogP contribution in [-0.2, 0) is 15.7 Å². The third-order valence-electron chi connectivity index (χ3n) is 3.24. The first-order valence-corrected chi connectivity index (χ1v) is 6.54. The first kappa shape index (κ1) is 15.8. The van der Waals surface area contributed by atoms with Crippen LogP contribution in [0.15, 0.2) is 24.3 Å². The van der Waals surface area contributed by atoms with Gasteiger partial charge in [0.25, 0.3) is 5.91 Å². The zero-order valence-corrected chi connectivity index (χ0v) is 11.5. The molecule has 0 unspecified atom stereocenters. The minimum Gasteiger partial charge on any atom is -0.352 e. The van der Waals surface area contributed by atoms with Crippen molar-refractivity contribution in [3.8, 4) is 0 Å². The molecule has 1 aliphatic rings. The van der Waals surface area contributed by atoms with Gasteiger partial charge in [-0.3, -0.25) is 4.79 Å². The van der Waals surface area contributed by atoms with Gasteiger partial charge in [0.15, 0.2) is 5.79 Å². The quantitative estimate of drug-likeness (QED) is 0.930. The fourth-order valence-corrected chi connectivity index (χ4v) is 2.02. The van der Waals surface area contributed by atoms with Gasteiger partial charge in [0.2, 0.25) is 0 Å². The third kappa shape index (κ3) is 4.18. The van der Waals surface area contributed by atoms with E-state index >= 15 is 0 Å². The lowest BCUT2D eigenvalue weighted by Gasteiger charge is -2.22. The second-order valence-corrected chi connectivity index (χ2v) is 4.91. The van der Waals surface area contributed by atoms with Crippen LogP contribution in [-0.4, -0.2) is 31.5 Å². The summed E-state index contributed by atoms with van der Waals surface area (Å²) in [7, 11) is 0. The Bertz CT molecular complexity index is 493. The van der Waals surface area contributed by atoms with Crippen molar-refractivity contribution < 1.29 is 27.4 Å². The molecule has 1 fully saturated rings. The van der Waals surface area contributed by atoms with E-state index in [1.165, 1.54) is 0 Å². The summed E-state index contributed by atoms with van der Waals surface area (Å²) in [5.74, 6) is -1.13. The largest absolute Gasteiger partial charge is 0.416 e. The molecule has 116 valence electrons. The SMILES string of the molecule is CC1(CCNC(=O)c2ccc(C(F)(F)F)cc2)OCCO1. The molecule has 0 bridgehead atoms. The average Bonchev–Trinajstić information content (AvgIpc) is 2.85. The van der Waals surface area contributed by atoms with Crippen molar-refractivity contribution in [2.45, 2.75) is 25.3 Å². The number of benzene rings is 1. The minimum absolute atomic E-state index is 0.182. The molecule has 1 heterocycles. The number of carbonyl (C=O) groups excluding carboxylic acids is 1. The third-order valence-corrected chi connectivity index (χ3v) is 3.24. The van der Waals surface area contributed by atoms with E-state index in [2.05, 4.69) is 5.32 Å². The molecule has 0 saturated carbocycles. The Balaban J connectivity index is 1.86. The standard InChI is InChI=1S/C14H16F3NO3/c1-13(20-8-9-21-13)6-7-18-12(19)10-2-4-11(5-3-10)14(15,16)17/h2-5H,6-9H2,1H3,(H,18,19). The van der Waals surface area contributed by atoms with E-state index in [4.69, 9.17) is 9.47 Å². The molecular formula is C14H16F3NO3. The summed E-state index contributed by atoms with van der Waals surface area (Å²) in [4.78, 5) is 11.8. The number of halogens is 3. The number of hydrogen-bond acceptors (Lipinski definition) is 3. The predicted molar refractivity (Wildman–Crippen MR) is 68.7 cm³/mol. The minimum atomic E-state index is -4.40. The molecule has 0 spiro atoms. The lowest BCUT2D eigenvalue weighted by molar-refractivity contribution is -0.145. The second kappa shape index (κ2) is 6.03. The fourth-order valence-electron chi connectivity index (χ4n) is 2.02. The number of carbonyl (C=O) groups is 1. The highest BCUT2D eigenvalue weighted by molar-refractivity contribution is 5.94. The van der Waals surface area contributed by atoms with Crippen LogP contribution >= 0.6 is 0 Å². The van der Waals surface area contributed by atoms with Crippen molar-refractivity contribution in [1.82, 2.24) is 5.32 Å². The van der Waals surface area contributed by atoms with Gasteiger partial charge in [-0.2, -0.15) is 13.2 Å². The molecule has 1 amide bonds. The molecule has 4 nitrogen and oxygen atoms in total. The summed E-state index contributed by atoms with van der Waals surface area (Å²) in [6, 6.07) is 4.09. The zero-order chi connectivity index (χ0) is 15.5. The van der Waals surface area contributed by atoms with Gasteiger partial charge >= 0.3 is 6.18 Å². The van der Waals surface area contributed by atoms with Gasteiger partial charge in [0, 0.05) is 18.5 Å². The highest BCUT2D eigenvalue weighted by Gasteiger charge is 2.31. The maximum Gasteiger partial charge on any atom is 0.416 e. The molecule has 1 N–H and O–H groups in total. The number of amides is 1. The van der Waals surface area contributed by atoms with E-state index in [1.54, 1.807) is 6.92 Å². The first-order valence-electron chi connectivity index (χ1n) is 6.54. The van der Waals surface area contributed by atoms with Crippen LogP contribution in [0.25, 0.3) is 0 Å². The van der Waals surface area contributed by atoms with Gasteiger partial charge in [-0.25, -0.2) is 0 Å². The van der Waals surface area contributed by atoms with Crippen LogP contribution < -0.4 is 5.32 Å². The van der Waals surface area contributed by atoms with Crippen LogP contribution in [0.3, 0.4) is 0 Å². The molecule has 0 aliphatic carbocycles. The summed E-state index contributed by atoms with van der Waals surface area (Å²) < 4.78 is 48.0. The molecule has 7 heteroatoms. The molecular weight excluding hydrogens is 287 g/mol. The maximum absolute atomic E-state index is 12.4. The van der Waals surface area contributed by atoms with Crippen LogP contribution in [0.5, 0.6) is 0 Å². The monoisotopic (exact) mass is 303 g/mol. The fraction of sp³-hybridized carbons (Fsp3) is 0.500. The average molecular weight is 303 g/mol. The van der Waals surface area contributed by atoms with Crippen molar-refractivity contribution in [2.24, 2.45) is 0 Å². The number of alkyl halides is 3. The molecule has 1 saturated heterocycles. The summed E-state index contributed by atoms with van der Waals surface area (Å²) in [5, 5.41) is 2.63. The van der Waals surface area contributed by atoms with Gasteiger partial charge in [-0.15, -0.1) is 0 Å². The van der Waals surface area contributed by atoms with E-state index in [9.17, 15) is 18.0 Å². The van der Waals surface area contributed by atoms with Crippen LogP contribution in [0.4, 0.5) is 13.2 Å². The molecule has 0 aromatic heterocycles. The van der Waals surface area contributed by atoms with Gasteiger partial charge in [0.1, 0.15) is 0 Å². The molecule has 21 heavy (non-hydrogen) atoms. The van der Waals surface area contributed by atoms with Crippen molar-refractivity contribution in [2.75, 3.05) is 19.8 Å². The smallest absolute Gasteiger partial charge is 0.352 e. The van der Waals surface area contributed by atoms with Crippen LogP contribution in [0, 0.1) is 0 Å². The molecule has 1 aliphatic heterocycles. The number of nitrogens with one attached hydrogen (secondary N) is 1. The predicted octanol–water partition coefficient (Wildman–Crippen LogP) is 2.59. The first-order chi connectivity index (χ1) is 9.80. The molecule has 2 rings (SSSR count). The summed E-state index contributed by atoms with van der Waals surface area (Å²) in [6.07, 6.45) is -3.93. The summed E-state index contributed by atoms with van der Waals surface area (Å²) in [6.45, 7) is 3.13. The van der Waals surface area contributed by atoms with E-state index in [0.717, 1.165) is 24.3 Å². The normalized spacial score (nSPS) is 17.7. The number of ether oxygens (including phenoxy) is 2. The highest BCUT2D eigenvalue weighted by atomic mass is 19.4. The van der Waals surface area contributed by atoms with E-state index in [1.807, 2.05) is 0 Å². The highest BCUT2D eigenvalue weighted by Crippen LogP contribution is 2.29. The molecule has 0 atom stereocenters. The van der Waals surface area contributed by atoms with Crippen molar-refractivity contribution >= 4 is 5.91 Å². The van der Waals surface area contributed by atoms with Crippen LogP contribution in [0.1, 0.15) is 29.3 Å². The summed E-state index contributed by atoms with van der Waals surface area (Å²) in [5.41, 5.74) is -0.597. The van der Waals surface area contributed by atoms with E-state index < -0.39 is 23.4 Å². The molecule has 1 aromatic rings. The van der Waals surface area contributed by atoms with Crippen LogP contribution in [0.2, 0.25) is 0 Å². The Kier molecular flexibility index (Phi) is 4.53. The Morgan fingerprint density at radius 3 is 2.33 bits per heavy atom. The second-order valence-electron chi connectivity index (χ2n) is 4.91. The summed E-state index contributed by atoms with van der Waals surface area (Å²) >= 11 is 0. The zero-order valence-electron chi connectivity index (χ0n) is 11.5. The van der Waals surface area contributed by atoms with Crippen molar-refractivity contribution in [3.63, 3.8) is 0 Å². The van der Waals surface area contributed by atoms with Crippen molar-refractivity contribution in [1.29, 1.82) is 0 Å². The lowest BCUT2D eigenvalue weighted by atomic mass is 10.1. The molecule has 1 aromatic carbocycles. The van der Waals surface area contributed by atoms with Gasteiger partial charge in [-0.1, -0.05) is 0 Å². The van der Waals surface area contributed by atoms with Gasteiger partial charge < -0.3 is 14.8 Å². The topological polar surface area (TPSA) is 47.6 Å². The van der Waals surface area contributed by atoms with E-state index in [-0.39, 0.29) is 5.56 Å². The maximum atomic E-state index is 12.4. The Morgan fingerprint density at radius 1 is 1.24 bits per heavy atom. The molecule has 0 radical (unpaired) electrons. The Morgan fingerprint density at radius 2 is 1.81 bits per heavy atom. The van der Waals surface area contributed by atoms with E-state index in [0.29, 0.717) is 26.2 Å². The Labute approximate surface area is 120 Å². The number of rotatable bonds is 4. The van der Waals surface area contributed by atoms with Crippen molar-refractivity contribution in [3.05, 3.63) is 35.4 Å². The van der Waals surface area contributed by atoms with Gasteiger partial charge in [0.05, 0.1) is 18.8 Å².